The highest BCUT2D eigenvalue weighted by Gasteiger charge is 2.45. The lowest BCUT2D eigenvalue weighted by Gasteiger charge is -2.32. The summed E-state index contributed by atoms with van der Waals surface area (Å²) in [5.74, 6) is 0. The second-order valence-electron chi connectivity index (χ2n) is 6.95. The Morgan fingerprint density at radius 3 is 2.83 bits per heavy atom. The van der Waals surface area contributed by atoms with Gasteiger partial charge < -0.3 is 9.64 Å². The van der Waals surface area contributed by atoms with Crippen LogP contribution in [0, 0.1) is 12.3 Å². The number of hydrogen-bond acceptors (Lipinski definition) is 4. The first kappa shape index (κ1) is 15.8. The molecule has 1 aromatic heterocycles. The molecule has 5 heteroatoms. The summed E-state index contributed by atoms with van der Waals surface area (Å²) in [6.07, 6.45) is 4.14. The van der Waals surface area contributed by atoms with Gasteiger partial charge in [0.2, 0.25) is 6.41 Å². The van der Waals surface area contributed by atoms with Crippen molar-refractivity contribution in [1.82, 2.24) is 9.88 Å². The van der Waals surface area contributed by atoms with Crippen molar-refractivity contribution in [2.24, 2.45) is 5.41 Å². The van der Waals surface area contributed by atoms with E-state index in [4.69, 9.17) is 4.74 Å². The summed E-state index contributed by atoms with van der Waals surface area (Å²) in [6.45, 7) is 4.49. The van der Waals surface area contributed by atoms with Gasteiger partial charge in [0.05, 0.1) is 16.7 Å². The van der Waals surface area contributed by atoms with E-state index >= 15 is 0 Å². The van der Waals surface area contributed by atoms with E-state index in [1.54, 1.807) is 11.3 Å². The molecule has 0 N–H and O–H groups in total. The van der Waals surface area contributed by atoms with Crippen LogP contribution >= 0.6 is 11.3 Å². The van der Waals surface area contributed by atoms with Gasteiger partial charge in [-0.1, -0.05) is 24.3 Å². The number of carbonyl (C=O) groups is 1. The van der Waals surface area contributed by atoms with Crippen LogP contribution in [0.2, 0.25) is 0 Å². The molecule has 126 valence electrons. The van der Waals surface area contributed by atoms with E-state index in [1.807, 2.05) is 11.8 Å². The first-order valence-electron chi connectivity index (χ1n) is 8.51. The van der Waals surface area contributed by atoms with Crippen molar-refractivity contribution < 1.29 is 9.53 Å². The Morgan fingerprint density at radius 2 is 2.12 bits per heavy atom. The largest absolute Gasteiger partial charge is 0.381 e. The Bertz CT molecular complexity index is 736. The van der Waals surface area contributed by atoms with E-state index in [1.165, 1.54) is 5.56 Å². The molecule has 1 atom stereocenters. The normalized spacial score (nSPS) is 22.9. The standard InChI is InChI=1S/C19H22N2O2S/c1-14-20-17(11-24-14)15-4-2-3-5-16(15)18-10-19(12-21(18)13-22)6-8-23-9-7-19/h2-5,11,13,18H,6-10,12H2,1H3. The molecule has 2 aliphatic rings. The summed E-state index contributed by atoms with van der Waals surface area (Å²) in [4.78, 5) is 18.4. The Labute approximate surface area is 146 Å². The van der Waals surface area contributed by atoms with Crippen molar-refractivity contribution in [2.75, 3.05) is 19.8 Å². The van der Waals surface area contributed by atoms with E-state index in [0.717, 1.165) is 61.7 Å². The van der Waals surface area contributed by atoms with Gasteiger partial charge in [-0.05, 0) is 37.2 Å². The average Bonchev–Trinajstić information content (AvgIpc) is 3.19. The fourth-order valence-electron chi connectivity index (χ4n) is 4.16. The zero-order chi connectivity index (χ0) is 16.6. The zero-order valence-corrected chi connectivity index (χ0v) is 14.7. The summed E-state index contributed by atoms with van der Waals surface area (Å²) in [5, 5.41) is 3.18. The third-order valence-corrected chi connectivity index (χ3v) is 6.22. The summed E-state index contributed by atoms with van der Waals surface area (Å²) in [7, 11) is 0. The number of aryl methyl sites for hydroxylation is 1. The topological polar surface area (TPSA) is 42.4 Å². The van der Waals surface area contributed by atoms with Crippen LogP contribution in [0.15, 0.2) is 29.6 Å². The van der Waals surface area contributed by atoms with Crippen LogP contribution in [0.5, 0.6) is 0 Å². The molecule has 4 rings (SSSR count). The van der Waals surface area contributed by atoms with Crippen LogP contribution in [0.4, 0.5) is 0 Å². The van der Waals surface area contributed by atoms with E-state index in [9.17, 15) is 4.79 Å². The number of ether oxygens (including phenoxy) is 1. The van der Waals surface area contributed by atoms with Gasteiger partial charge >= 0.3 is 0 Å². The fraction of sp³-hybridized carbons (Fsp3) is 0.474. The molecule has 2 saturated heterocycles. The van der Waals surface area contributed by atoms with Gasteiger partial charge in [-0.2, -0.15) is 0 Å². The summed E-state index contributed by atoms with van der Waals surface area (Å²) >= 11 is 1.67. The lowest BCUT2D eigenvalue weighted by molar-refractivity contribution is -0.119. The molecular weight excluding hydrogens is 320 g/mol. The average molecular weight is 342 g/mol. The van der Waals surface area contributed by atoms with Crippen LogP contribution < -0.4 is 0 Å². The Kier molecular flexibility index (Phi) is 4.14. The van der Waals surface area contributed by atoms with Gasteiger partial charge in [-0.3, -0.25) is 4.79 Å². The van der Waals surface area contributed by atoms with Crippen molar-refractivity contribution in [1.29, 1.82) is 0 Å². The van der Waals surface area contributed by atoms with Crippen LogP contribution in [0.3, 0.4) is 0 Å². The van der Waals surface area contributed by atoms with Gasteiger partial charge in [-0.25, -0.2) is 4.98 Å². The number of nitrogens with zero attached hydrogens (tertiary/aromatic N) is 2. The third kappa shape index (κ3) is 2.76. The monoisotopic (exact) mass is 342 g/mol. The molecule has 2 aliphatic heterocycles. The minimum atomic E-state index is 0.138. The van der Waals surface area contributed by atoms with Crippen LogP contribution in [-0.2, 0) is 9.53 Å². The molecular formula is C19H22N2O2S. The first-order chi connectivity index (χ1) is 11.7. The predicted octanol–water partition coefficient (Wildman–Crippen LogP) is 3.82. The predicted molar refractivity (Wildman–Crippen MR) is 94.9 cm³/mol. The molecule has 1 amide bonds. The third-order valence-electron chi connectivity index (χ3n) is 5.45. The molecule has 1 spiro atoms. The number of aromatic nitrogens is 1. The van der Waals surface area contributed by atoms with Crippen LogP contribution in [0.25, 0.3) is 11.3 Å². The van der Waals surface area contributed by atoms with E-state index < -0.39 is 0 Å². The van der Waals surface area contributed by atoms with E-state index in [0.29, 0.717) is 0 Å². The van der Waals surface area contributed by atoms with Crippen molar-refractivity contribution in [3.63, 3.8) is 0 Å². The maximum Gasteiger partial charge on any atom is 0.210 e. The van der Waals surface area contributed by atoms with Crippen molar-refractivity contribution in [2.45, 2.75) is 32.2 Å². The quantitative estimate of drug-likeness (QED) is 0.797. The van der Waals surface area contributed by atoms with E-state index in [-0.39, 0.29) is 11.5 Å². The summed E-state index contributed by atoms with van der Waals surface area (Å²) in [6, 6.07) is 8.54. The number of rotatable bonds is 3. The molecule has 1 aromatic carbocycles. The van der Waals surface area contributed by atoms with Gasteiger partial charge in [0, 0.05) is 30.7 Å². The number of likely N-dealkylation sites (tertiary alicyclic amines) is 1. The molecule has 3 heterocycles. The lowest BCUT2D eigenvalue weighted by Crippen LogP contribution is -2.32. The Morgan fingerprint density at radius 1 is 1.33 bits per heavy atom. The maximum absolute atomic E-state index is 11.7. The van der Waals surface area contributed by atoms with Gasteiger partial charge in [0.1, 0.15) is 0 Å². The second-order valence-corrected chi connectivity index (χ2v) is 8.01. The highest BCUT2D eigenvalue weighted by atomic mass is 32.1. The minimum absolute atomic E-state index is 0.138. The molecule has 24 heavy (non-hydrogen) atoms. The maximum atomic E-state index is 11.7. The highest BCUT2D eigenvalue weighted by molar-refractivity contribution is 7.09. The number of benzene rings is 1. The fourth-order valence-corrected chi connectivity index (χ4v) is 4.78. The molecule has 2 aromatic rings. The first-order valence-corrected chi connectivity index (χ1v) is 9.39. The van der Waals surface area contributed by atoms with Crippen molar-refractivity contribution >= 4 is 17.7 Å². The van der Waals surface area contributed by atoms with Crippen LogP contribution in [-0.4, -0.2) is 36.1 Å². The number of carbonyl (C=O) groups excluding carboxylic acids is 1. The lowest BCUT2D eigenvalue weighted by atomic mass is 9.77. The zero-order valence-electron chi connectivity index (χ0n) is 13.9. The summed E-state index contributed by atoms with van der Waals surface area (Å²) < 4.78 is 5.55. The van der Waals surface area contributed by atoms with Crippen LogP contribution in [0.1, 0.15) is 35.9 Å². The van der Waals surface area contributed by atoms with Crippen molar-refractivity contribution in [3.8, 4) is 11.3 Å². The molecule has 0 saturated carbocycles. The SMILES string of the molecule is Cc1nc(-c2ccccc2C2CC3(CCOCC3)CN2C=O)cs1. The van der Waals surface area contributed by atoms with Crippen molar-refractivity contribution in [3.05, 3.63) is 40.2 Å². The Balaban J connectivity index is 1.71. The molecule has 0 radical (unpaired) electrons. The molecule has 2 fully saturated rings. The minimum Gasteiger partial charge on any atom is -0.381 e. The smallest absolute Gasteiger partial charge is 0.210 e. The van der Waals surface area contributed by atoms with Gasteiger partial charge in [-0.15, -0.1) is 11.3 Å². The highest BCUT2D eigenvalue weighted by Crippen LogP contribution is 2.49. The molecule has 0 aliphatic carbocycles. The second kappa shape index (κ2) is 6.30. The Hall–Kier alpha value is -1.72. The van der Waals surface area contributed by atoms with Gasteiger partial charge in [0.25, 0.3) is 0 Å². The van der Waals surface area contributed by atoms with E-state index in [2.05, 4.69) is 34.6 Å². The molecule has 4 nitrogen and oxygen atoms in total. The summed E-state index contributed by atoms with van der Waals surface area (Å²) in [5.41, 5.74) is 3.61. The molecule has 0 bridgehead atoms. The number of amides is 1. The number of hydrogen-bond donors (Lipinski definition) is 0. The molecule has 1 unspecified atom stereocenters. The van der Waals surface area contributed by atoms with Gasteiger partial charge in [0.15, 0.2) is 0 Å². The number of thiazole rings is 1.